The quantitative estimate of drug-likeness (QED) is 0.352. The van der Waals surface area contributed by atoms with Gasteiger partial charge in [0.05, 0.1) is 31.2 Å². The highest BCUT2D eigenvalue weighted by Crippen LogP contribution is 2.40. The molecule has 1 aliphatic rings. The second-order valence-corrected chi connectivity index (χ2v) is 8.89. The first-order valence-electron chi connectivity index (χ1n) is 10.3. The Labute approximate surface area is 180 Å². The standard InChI is InChI=1S/C22H28N4O3S/c1-14-10-19(16(3)26(14)15(2)12-28-4)20(27)13-30-22-24-23-21(17-7-8-17)25(22)11-18-6-5-9-29-18/h5-6,9-10,15,17H,7-8,11-13H2,1-4H3. The number of aromatic nitrogens is 4. The summed E-state index contributed by atoms with van der Waals surface area (Å²) in [5.41, 5.74) is 2.82. The van der Waals surface area contributed by atoms with Crippen LogP contribution in [0.2, 0.25) is 0 Å². The van der Waals surface area contributed by atoms with E-state index >= 15 is 0 Å². The molecule has 3 aromatic heterocycles. The Kier molecular flexibility index (Phi) is 6.15. The van der Waals surface area contributed by atoms with Crippen LogP contribution >= 0.6 is 11.8 Å². The number of furan rings is 1. The van der Waals surface area contributed by atoms with Crippen molar-refractivity contribution in [1.82, 2.24) is 19.3 Å². The maximum absolute atomic E-state index is 13.0. The Bertz CT molecular complexity index is 1020. The van der Waals surface area contributed by atoms with Crippen molar-refractivity contribution in [3.63, 3.8) is 0 Å². The Balaban J connectivity index is 1.50. The minimum atomic E-state index is 0.101. The first-order valence-corrected chi connectivity index (χ1v) is 11.3. The lowest BCUT2D eigenvalue weighted by atomic mass is 10.2. The van der Waals surface area contributed by atoms with Crippen LogP contribution in [0, 0.1) is 13.8 Å². The number of rotatable bonds is 10. The Morgan fingerprint density at radius 1 is 1.37 bits per heavy atom. The number of carbonyl (C=O) groups excluding carboxylic acids is 1. The van der Waals surface area contributed by atoms with Gasteiger partial charge in [-0.15, -0.1) is 10.2 Å². The summed E-state index contributed by atoms with van der Waals surface area (Å²) in [7, 11) is 1.70. The average Bonchev–Trinajstić information content (AvgIpc) is 3.14. The van der Waals surface area contributed by atoms with E-state index in [0.29, 0.717) is 24.8 Å². The molecule has 0 aromatic carbocycles. The van der Waals surface area contributed by atoms with Crippen molar-refractivity contribution >= 4 is 17.5 Å². The average molecular weight is 429 g/mol. The molecule has 8 heteroatoms. The molecule has 1 unspecified atom stereocenters. The molecular formula is C22H28N4O3S. The summed E-state index contributed by atoms with van der Waals surface area (Å²) in [6.45, 7) is 7.33. The van der Waals surface area contributed by atoms with Crippen LogP contribution in [0.15, 0.2) is 34.0 Å². The number of ketones is 1. The fourth-order valence-corrected chi connectivity index (χ4v) is 4.85. The number of hydrogen-bond acceptors (Lipinski definition) is 6. The van der Waals surface area contributed by atoms with Crippen LogP contribution in [-0.4, -0.2) is 44.6 Å². The molecule has 0 aliphatic heterocycles. The summed E-state index contributed by atoms with van der Waals surface area (Å²) in [6, 6.07) is 5.99. The smallest absolute Gasteiger partial charge is 0.192 e. The van der Waals surface area contributed by atoms with E-state index in [1.165, 1.54) is 11.8 Å². The van der Waals surface area contributed by atoms with Crippen molar-refractivity contribution in [3.05, 3.63) is 53.0 Å². The summed E-state index contributed by atoms with van der Waals surface area (Å²) >= 11 is 1.44. The van der Waals surface area contributed by atoms with Crippen molar-refractivity contribution in [2.75, 3.05) is 19.5 Å². The summed E-state index contributed by atoms with van der Waals surface area (Å²) < 4.78 is 15.1. The molecular weight excluding hydrogens is 400 g/mol. The molecule has 0 N–H and O–H groups in total. The summed E-state index contributed by atoms with van der Waals surface area (Å²) in [5.74, 6) is 2.75. The monoisotopic (exact) mass is 428 g/mol. The zero-order valence-corrected chi connectivity index (χ0v) is 18.7. The number of nitrogens with zero attached hydrogens (tertiary/aromatic N) is 4. The first kappa shape index (κ1) is 20.9. The third-order valence-electron chi connectivity index (χ3n) is 5.55. The van der Waals surface area contributed by atoms with Crippen LogP contribution in [0.5, 0.6) is 0 Å². The molecule has 3 heterocycles. The molecule has 1 saturated carbocycles. The molecule has 3 aromatic rings. The van der Waals surface area contributed by atoms with E-state index in [-0.39, 0.29) is 11.8 Å². The van der Waals surface area contributed by atoms with Gasteiger partial charge in [-0.1, -0.05) is 11.8 Å². The van der Waals surface area contributed by atoms with E-state index < -0.39 is 0 Å². The predicted octanol–water partition coefficient (Wildman–Crippen LogP) is 4.40. The van der Waals surface area contributed by atoms with Crippen LogP contribution in [0.4, 0.5) is 0 Å². The minimum absolute atomic E-state index is 0.101. The highest BCUT2D eigenvalue weighted by Gasteiger charge is 2.31. The Morgan fingerprint density at radius 3 is 2.83 bits per heavy atom. The van der Waals surface area contributed by atoms with Crippen LogP contribution in [0.3, 0.4) is 0 Å². The number of aryl methyl sites for hydroxylation is 1. The lowest BCUT2D eigenvalue weighted by Gasteiger charge is -2.17. The second-order valence-electron chi connectivity index (χ2n) is 7.95. The van der Waals surface area contributed by atoms with Crippen molar-refractivity contribution in [3.8, 4) is 0 Å². The van der Waals surface area contributed by atoms with E-state index in [1.54, 1.807) is 13.4 Å². The molecule has 1 atom stereocenters. The molecule has 4 rings (SSSR count). The Hall–Kier alpha value is -2.32. The molecule has 0 spiro atoms. The topological polar surface area (TPSA) is 75.1 Å². The SMILES string of the molecule is COCC(C)n1c(C)cc(C(=O)CSc2nnc(C3CC3)n2Cc2ccco2)c1C. The van der Waals surface area contributed by atoms with Gasteiger partial charge < -0.3 is 13.7 Å². The van der Waals surface area contributed by atoms with Crippen LogP contribution in [0.1, 0.15) is 65.1 Å². The highest BCUT2D eigenvalue weighted by atomic mass is 32.2. The normalized spacial score (nSPS) is 14.9. The fraction of sp³-hybridized carbons (Fsp3) is 0.500. The molecule has 0 amide bonds. The minimum Gasteiger partial charge on any atom is -0.467 e. The maximum atomic E-state index is 13.0. The molecule has 160 valence electrons. The van der Waals surface area contributed by atoms with Gasteiger partial charge in [-0.2, -0.15) is 0 Å². The molecule has 0 saturated heterocycles. The molecule has 0 radical (unpaired) electrons. The first-order chi connectivity index (χ1) is 14.5. The second kappa shape index (κ2) is 8.81. The number of thioether (sulfide) groups is 1. The molecule has 0 bridgehead atoms. The van der Waals surface area contributed by atoms with Crippen molar-refractivity contribution < 1.29 is 13.9 Å². The molecule has 1 fully saturated rings. The summed E-state index contributed by atoms with van der Waals surface area (Å²) in [6.07, 6.45) is 3.96. The largest absolute Gasteiger partial charge is 0.467 e. The van der Waals surface area contributed by atoms with Crippen LogP contribution < -0.4 is 0 Å². The predicted molar refractivity (Wildman–Crippen MR) is 115 cm³/mol. The fourth-order valence-electron chi connectivity index (χ4n) is 4.02. The van der Waals surface area contributed by atoms with Gasteiger partial charge in [-0.25, -0.2) is 0 Å². The van der Waals surface area contributed by atoms with E-state index in [4.69, 9.17) is 9.15 Å². The van der Waals surface area contributed by atoms with Gasteiger partial charge in [-0.3, -0.25) is 9.36 Å². The number of carbonyl (C=O) groups is 1. The zero-order valence-electron chi connectivity index (χ0n) is 17.9. The number of methoxy groups -OCH3 is 1. The lowest BCUT2D eigenvalue weighted by Crippen LogP contribution is -2.15. The Morgan fingerprint density at radius 2 is 2.17 bits per heavy atom. The number of Topliss-reactive ketones (excluding diaryl/α,β-unsaturated/α-hetero) is 1. The van der Waals surface area contributed by atoms with Gasteiger partial charge in [0.25, 0.3) is 0 Å². The third kappa shape index (κ3) is 4.25. The zero-order chi connectivity index (χ0) is 21.3. The number of ether oxygens (including phenoxy) is 1. The van der Waals surface area contributed by atoms with Crippen LogP contribution in [0.25, 0.3) is 0 Å². The van der Waals surface area contributed by atoms with Crippen molar-refractivity contribution in [2.45, 2.75) is 57.3 Å². The number of hydrogen-bond donors (Lipinski definition) is 0. The van der Waals surface area contributed by atoms with Gasteiger partial charge in [0.15, 0.2) is 10.9 Å². The van der Waals surface area contributed by atoms with E-state index in [0.717, 1.165) is 46.5 Å². The lowest BCUT2D eigenvalue weighted by molar-refractivity contribution is 0.102. The summed E-state index contributed by atoms with van der Waals surface area (Å²) in [4.78, 5) is 13.0. The molecule has 30 heavy (non-hydrogen) atoms. The van der Waals surface area contributed by atoms with Gasteiger partial charge >= 0.3 is 0 Å². The molecule has 1 aliphatic carbocycles. The van der Waals surface area contributed by atoms with Gasteiger partial charge in [0.1, 0.15) is 11.6 Å². The third-order valence-corrected chi connectivity index (χ3v) is 6.51. The van der Waals surface area contributed by atoms with E-state index in [2.05, 4.69) is 26.3 Å². The van der Waals surface area contributed by atoms with Gasteiger partial charge in [0, 0.05) is 30.0 Å². The van der Waals surface area contributed by atoms with Gasteiger partial charge in [-0.05, 0) is 51.8 Å². The molecule has 7 nitrogen and oxygen atoms in total. The maximum Gasteiger partial charge on any atom is 0.192 e. The van der Waals surface area contributed by atoms with E-state index in [1.807, 2.05) is 32.0 Å². The van der Waals surface area contributed by atoms with Crippen molar-refractivity contribution in [2.24, 2.45) is 0 Å². The van der Waals surface area contributed by atoms with Crippen molar-refractivity contribution in [1.29, 1.82) is 0 Å². The highest BCUT2D eigenvalue weighted by molar-refractivity contribution is 7.99. The van der Waals surface area contributed by atoms with Gasteiger partial charge in [0.2, 0.25) is 0 Å². The van der Waals surface area contributed by atoms with Crippen LogP contribution in [-0.2, 0) is 11.3 Å². The summed E-state index contributed by atoms with van der Waals surface area (Å²) in [5, 5.41) is 9.56. The van der Waals surface area contributed by atoms with E-state index in [9.17, 15) is 4.79 Å².